The largest absolute Gasteiger partial charge is 0.354 e. The van der Waals surface area contributed by atoms with Crippen LogP contribution in [0.1, 0.15) is 38.2 Å². The Labute approximate surface area is 109 Å². The summed E-state index contributed by atoms with van der Waals surface area (Å²) in [5.74, 6) is 2.82. The molecule has 0 aliphatic heterocycles. The minimum absolute atomic E-state index is 0.730. The van der Waals surface area contributed by atoms with Gasteiger partial charge in [-0.15, -0.1) is 0 Å². The van der Waals surface area contributed by atoms with Gasteiger partial charge in [-0.3, -0.25) is 0 Å². The van der Waals surface area contributed by atoms with E-state index in [1.54, 1.807) is 0 Å². The van der Waals surface area contributed by atoms with Crippen LogP contribution < -0.4 is 10.2 Å². The summed E-state index contributed by atoms with van der Waals surface area (Å²) in [5.41, 5.74) is 1.20. The van der Waals surface area contributed by atoms with Gasteiger partial charge in [-0.25, -0.2) is 4.98 Å². The molecule has 2 fully saturated rings. The lowest BCUT2D eigenvalue weighted by Gasteiger charge is -2.25. The predicted molar refractivity (Wildman–Crippen MR) is 74.0 cm³/mol. The molecule has 2 saturated carbocycles. The highest BCUT2D eigenvalue weighted by Crippen LogP contribution is 2.38. The van der Waals surface area contributed by atoms with Crippen LogP contribution in [0.2, 0.25) is 0 Å². The third kappa shape index (κ3) is 2.57. The van der Waals surface area contributed by atoms with Gasteiger partial charge in [-0.05, 0) is 45.4 Å². The van der Waals surface area contributed by atoms with Gasteiger partial charge in [0.15, 0.2) is 0 Å². The number of aromatic nitrogens is 2. The topological polar surface area (TPSA) is 41.1 Å². The van der Waals surface area contributed by atoms with E-state index in [-0.39, 0.29) is 0 Å². The first-order chi connectivity index (χ1) is 8.78. The smallest absolute Gasteiger partial charge is 0.224 e. The molecule has 18 heavy (non-hydrogen) atoms. The van der Waals surface area contributed by atoms with Crippen molar-refractivity contribution in [3.8, 4) is 0 Å². The van der Waals surface area contributed by atoms with Crippen LogP contribution >= 0.6 is 0 Å². The van der Waals surface area contributed by atoms with Gasteiger partial charge in [-0.2, -0.15) is 4.98 Å². The lowest BCUT2D eigenvalue weighted by atomic mass is 10.3. The quantitative estimate of drug-likeness (QED) is 0.837. The molecular formula is C14H22N4. The maximum Gasteiger partial charge on any atom is 0.224 e. The average molecular weight is 246 g/mol. The first-order valence-corrected chi connectivity index (χ1v) is 7.12. The van der Waals surface area contributed by atoms with Gasteiger partial charge in [-0.1, -0.05) is 0 Å². The molecule has 4 heteroatoms. The zero-order chi connectivity index (χ0) is 12.5. The fourth-order valence-electron chi connectivity index (χ4n) is 2.34. The number of aryl methyl sites for hydroxylation is 1. The molecule has 0 bridgehead atoms. The second kappa shape index (κ2) is 4.75. The van der Waals surface area contributed by atoms with Crippen LogP contribution in [-0.2, 0) is 0 Å². The standard InChI is InChI=1S/C14H22N4/c1-3-15-14-16-8-10(2)13(17-14)18(12-6-7-12)9-11-4-5-11/h8,11-12H,3-7,9H2,1-2H3,(H,15,16,17). The third-order valence-electron chi connectivity index (χ3n) is 3.69. The van der Waals surface area contributed by atoms with Crippen molar-refractivity contribution in [2.24, 2.45) is 5.92 Å². The summed E-state index contributed by atoms with van der Waals surface area (Å²) in [4.78, 5) is 11.6. The Balaban J connectivity index is 1.83. The predicted octanol–water partition coefficient (Wildman–Crippen LogP) is 2.60. The maximum atomic E-state index is 4.71. The first-order valence-electron chi connectivity index (χ1n) is 7.12. The summed E-state index contributed by atoms with van der Waals surface area (Å²) in [6.07, 6.45) is 7.39. The van der Waals surface area contributed by atoms with Gasteiger partial charge < -0.3 is 10.2 Å². The number of nitrogens with one attached hydrogen (secondary N) is 1. The van der Waals surface area contributed by atoms with Crippen LogP contribution in [0.3, 0.4) is 0 Å². The Morgan fingerprint density at radius 3 is 2.72 bits per heavy atom. The van der Waals surface area contributed by atoms with Crippen molar-refractivity contribution in [1.29, 1.82) is 0 Å². The molecule has 2 aliphatic carbocycles. The van der Waals surface area contributed by atoms with Crippen molar-refractivity contribution in [3.63, 3.8) is 0 Å². The summed E-state index contributed by atoms with van der Waals surface area (Å²) in [5, 5.41) is 3.21. The fourth-order valence-corrected chi connectivity index (χ4v) is 2.34. The highest BCUT2D eigenvalue weighted by atomic mass is 15.3. The number of hydrogen-bond acceptors (Lipinski definition) is 4. The molecule has 3 rings (SSSR count). The lowest BCUT2D eigenvalue weighted by molar-refractivity contribution is 0.705. The minimum atomic E-state index is 0.730. The van der Waals surface area contributed by atoms with E-state index in [2.05, 4.69) is 29.0 Å². The summed E-state index contributed by atoms with van der Waals surface area (Å²) in [7, 11) is 0. The highest BCUT2D eigenvalue weighted by Gasteiger charge is 2.35. The van der Waals surface area contributed by atoms with Crippen LogP contribution in [0.4, 0.5) is 11.8 Å². The van der Waals surface area contributed by atoms with E-state index < -0.39 is 0 Å². The molecule has 0 radical (unpaired) electrons. The Hall–Kier alpha value is -1.32. The third-order valence-corrected chi connectivity index (χ3v) is 3.69. The van der Waals surface area contributed by atoms with Crippen LogP contribution in [0.15, 0.2) is 6.20 Å². The Morgan fingerprint density at radius 1 is 1.33 bits per heavy atom. The van der Waals surface area contributed by atoms with Crippen molar-refractivity contribution in [1.82, 2.24) is 9.97 Å². The molecular weight excluding hydrogens is 224 g/mol. The van der Waals surface area contributed by atoms with E-state index in [0.717, 1.165) is 30.3 Å². The Morgan fingerprint density at radius 2 is 2.11 bits per heavy atom. The molecule has 0 aromatic carbocycles. The van der Waals surface area contributed by atoms with Crippen molar-refractivity contribution in [2.45, 2.75) is 45.6 Å². The maximum absolute atomic E-state index is 4.71. The average Bonchev–Trinajstić information content (AvgIpc) is 3.23. The molecule has 0 amide bonds. The molecule has 98 valence electrons. The molecule has 1 heterocycles. The Kier molecular flexibility index (Phi) is 3.10. The molecule has 2 aliphatic rings. The first kappa shape index (κ1) is 11.8. The van der Waals surface area contributed by atoms with Crippen molar-refractivity contribution in [3.05, 3.63) is 11.8 Å². The van der Waals surface area contributed by atoms with E-state index in [1.807, 2.05) is 6.20 Å². The molecule has 0 spiro atoms. The number of hydrogen-bond donors (Lipinski definition) is 1. The van der Waals surface area contributed by atoms with E-state index in [0.29, 0.717) is 0 Å². The number of anilines is 2. The summed E-state index contributed by atoms with van der Waals surface area (Å²) in [6.45, 7) is 6.25. The molecule has 0 atom stereocenters. The minimum Gasteiger partial charge on any atom is -0.354 e. The normalized spacial score (nSPS) is 18.8. The Bertz CT molecular complexity index is 424. The van der Waals surface area contributed by atoms with Gasteiger partial charge in [0.05, 0.1) is 0 Å². The van der Waals surface area contributed by atoms with E-state index >= 15 is 0 Å². The molecule has 1 N–H and O–H groups in total. The van der Waals surface area contributed by atoms with Crippen molar-refractivity contribution < 1.29 is 0 Å². The molecule has 0 saturated heterocycles. The molecule has 4 nitrogen and oxygen atoms in total. The molecule has 1 aromatic heterocycles. The second-order valence-electron chi connectivity index (χ2n) is 5.56. The van der Waals surface area contributed by atoms with Gasteiger partial charge in [0, 0.05) is 30.9 Å². The van der Waals surface area contributed by atoms with Crippen molar-refractivity contribution in [2.75, 3.05) is 23.3 Å². The van der Waals surface area contributed by atoms with E-state index in [9.17, 15) is 0 Å². The van der Waals surface area contributed by atoms with Crippen molar-refractivity contribution >= 4 is 11.8 Å². The van der Waals surface area contributed by atoms with Crippen LogP contribution in [-0.4, -0.2) is 29.1 Å². The van der Waals surface area contributed by atoms with Gasteiger partial charge >= 0.3 is 0 Å². The van der Waals surface area contributed by atoms with Crippen LogP contribution in [0, 0.1) is 12.8 Å². The second-order valence-corrected chi connectivity index (χ2v) is 5.56. The zero-order valence-electron chi connectivity index (χ0n) is 11.3. The van der Waals surface area contributed by atoms with Crippen LogP contribution in [0.25, 0.3) is 0 Å². The SMILES string of the molecule is CCNc1ncc(C)c(N(CC2CC2)C2CC2)n1. The van der Waals surface area contributed by atoms with E-state index in [4.69, 9.17) is 4.98 Å². The van der Waals surface area contributed by atoms with Crippen LogP contribution in [0.5, 0.6) is 0 Å². The summed E-state index contributed by atoms with van der Waals surface area (Å²) >= 11 is 0. The number of nitrogens with zero attached hydrogens (tertiary/aromatic N) is 3. The number of rotatable bonds is 6. The summed E-state index contributed by atoms with van der Waals surface area (Å²) < 4.78 is 0. The van der Waals surface area contributed by atoms with E-state index in [1.165, 1.54) is 37.8 Å². The van der Waals surface area contributed by atoms with Gasteiger partial charge in [0.1, 0.15) is 5.82 Å². The zero-order valence-corrected chi connectivity index (χ0v) is 11.3. The fraction of sp³-hybridized carbons (Fsp3) is 0.714. The monoisotopic (exact) mass is 246 g/mol. The van der Waals surface area contributed by atoms with Gasteiger partial charge in [0.25, 0.3) is 0 Å². The lowest BCUT2D eigenvalue weighted by Crippen LogP contribution is -2.30. The summed E-state index contributed by atoms with van der Waals surface area (Å²) in [6, 6.07) is 0.730. The molecule has 1 aromatic rings. The highest BCUT2D eigenvalue weighted by molar-refractivity contribution is 5.51. The molecule has 0 unspecified atom stereocenters. The van der Waals surface area contributed by atoms with Gasteiger partial charge in [0.2, 0.25) is 5.95 Å².